The highest BCUT2D eigenvalue weighted by Crippen LogP contribution is 2.45. The molecule has 39 heavy (non-hydrogen) atoms. The number of nitrogens with one attached hydrogen (secondary N) is 1. The van der Waals surface area contributed by atoms with Crippen LogP contribution in [-0.4, -0.2) is 50.7 Å². The summed E-state index contributed by atoms with van der Waals surface area (Å²) < 4.78 is 7.42. The van der Waals surface area contributed by atoms with Gasteiger partial charge in [-0.25, -0.2) is 14.5 Å². The van der Waals surface area contributed by atoms with Crippen molar-refractivity contribution in [2.24, 2.45) is 11.8 Å². The Bertz CT molecular complexity index is 1580. The van der Waals surface area contributed by atoms with Gasteiger partial charge >= 0.3 is 0 Å². The second kappa shape index (κ2) is 9.86. The number of rotatable bonds is 6. The van der Waals surface area contributed by atoms with Crippen LogP contribution in [0.1, 0.15) is 42.7 Å². The van der Waals surface area contributed by atoms with Gasteiger partial charge in [0.1, 0.15) is 23.3 Å². The summed E-state index contributed by atoms with van der Waals surface area (Å²) in [5.74, 6) is 2.30. The van der Waals surface area contributed by atoms with E-state index in [-0.39, 0.29) is 17.1 Å². The van der Waals surface area contributed by atoms with E-state index in [1.807, 2.05) is 31.3 Å². The molecule has 0 radical (unpaired) electrons. The molecule has 9 nitrogen and oxygen atoms in total. The predicted molar refractivity (Wildman–Crippen MR) is 148 cm³/mol. The van der Waals surface area contributed by atoms with Gasteiger partial charge in [-0.3, -0.25) is 4.79 Å². The second-order valence-electron chi connectivity index (χ2n) is 10.6. The molecule has 1 aliphatic heterocycles. The number of ether oxygens (including phenoxy) is 1. The first-order valence-electron chi connectivity index (χ1n) is 13.1. The summed E-state index contributed by atoms with van der Waals surface area (Å²) in [5.41, 5.74) is 2.96. The van der Waals surface area contributed by atoms with Crippen molar-refractivity contribution in [2.45, 2.75) is 32.2 Å². The normalized spacial score (nSPS) is 22.1. The predicted octanol–water partition coefficient (Wildman–Crippen LogP) is 4.75. The molecule has 0 unspecified atom stereocenters. The van der Waals surface area contributed by atoms with Crippen molar-refractivity contribution in [2.75, 3.05) is 24.6 Å². The minimum atomic E-state index is -0.294. The van der Waals surface area contributed by atoms with E-state index in [0.29, 0.717) is 34.8 Å². The van der Waals surface area contributed by atoms with Gasteiger partial charge in [0.2, 0.25) is 0 Å². The summed E-state index contributed by atoms with van der Waals surface area (Å²) in [5, 5.41) is 17.5. The molecule has 1 saturated carbocycles. The minimum Gasteiger partial charge on any atom is -0.492 e. The lowest BCUT2D eigenvalue weighted by atomic mass is 9.97. The Balaban J connectivity index is 1.17. The molecule has 0 spiro atoms. The molecule has 3 atom stereocenters. The van der Waals surface area contributed by atoms with Crippen LogP contribution in [0.3, 0.4) is 0 Å². The first-order valence-corrected chi connectivity index (χ1v) is 13.4. The maximum atomic E-state index is 12.8. The van der Waals surface area contributed by atoms with Crippen LogP contribution in [0.4, 0.5) is 5.82 Å². The molecular weight excluding hydrogens is 514 g/mol. The third-order valence-electron chi connectivity index (χ3n) is 7.79. The average molecular weight is 542 g/mol. The zero-order valence-corrected chi connectivity index (χ0v) is 22.5. The number of amides is 1. The smallest absolute Gasteiger partial charge is 0.271 e. The number of carbonyl (C=O) groups is 1. The number of hydrogen-bond donors (Lipinski definition) is 1. The van der Waals surface area contributed by atoms with Crippen LogP contribution < -0.4 is 15.0 Å². The average Bonchev–Trinajstić information content (AvgIpc) is 3.60. The molecular formula is C29H28ClN7O2. The summed E-state index contributed by atoms with van der Waals surface area (Å²) in [4.78, 5) is 24.1. The highest BCUT2D eigenvalue weighted by Gasteiger charge is 2.47. The fourth-order valence-corrected chi connectivity index (χ4v) is 6.40. The minimum absolute atomic E-state index is 0.225. The van der Waals surface area contributed by atoms with E-state index in [2.05, 4.69) is 33.3 Å². The number of nitriles is 1. The number of anilines is 1. The highest BCUT2D eigenvalue weighted by molar-refractivity contribution is 6.33. The number of fused-ring (bicyclic) bond motifs is 2. The quantitative estimate of drug-likeness (QED) is 0.375. The summed E-state index contributed by atoms with van der Waals surface area (Å²) in [7, 11) is 0. The number of hydrogen-bond acceptors (Lipinski definition) is 7. The van der Waals surface area contributed by atoms with Gasteiger partial charge in [0.05, 0.1) is 35.1 Å². The standard InChI is InChI=1S/C29H28ClN7O2/c1-3-39-22-9-23(27-21(12-31)14-34-37(27)17-22)18-6-7-25(33-13-18)36-15-19-10-29(2,11-20(19)16-36)35-28(38)26-24(30)5-4-8-32-26/h4-9,13-14,17,19-20H,3,10-11,15-16H2,1-2H3,(H,35,38)/t19-,20+,29+. The van der Waals surface area contributed by atoms with Gasteiger partial charge in [0, 0.05) is 42.1 Å². The molecule has 4 aromatic heterocycles. The Morgan fingerprint density at radius 3 is 2.69 bits per heavy atom. The largest absolute Gasteiger partial charge is 0.492 e. The fourth-order valence-electron chi connectivity index (χ4n) is 6.19. The maximum absolute atomic E-state index is 12.8. The van der Waals surface area contributed by atoms with Crippen LogP contribution in [0.5, 0.6) is 5.75 Å². The summed E-state index contributed by atoms with van der Waals surface area (Å²) >= 11 is 6.18. The SMILES string of the molecule is CCOc1cc(-c2ccc(N3C[C@@H]4C[C@@](C)(NC(=O)c5ncccc5Cl)C[C@@H]4C3)nc2)c2c(C#N)cnn2c1. The van der Waals surface area contributed by atoms with Crippen LogP contribution in [0.15, 0.2) is 55.1 Å². The van der Waals surface area contributed by atoms with Gasteiger partial charge in [-0.2, -0.15) is 10.4 Å². The van der Waals surface area contributed by atoms with Gasteiger partial charge in [0.15, 0.2) is 0 Å². The molecule has 5 heterocycles. The molecule has 6 rings (SSSR count). The number of carbonyl (C=O) groups excluding carboxylic acids is 1. The van der Waals surface area contributed by atoms with E-state index in [1.165, 1.54) is 0 Å². The number of nitrogens with zero attached hydrogens (tertiary/aromatic N) is 6. The van der Waals surface area contributed by atoms with Crippen LogP contribution in [0, 0.1) is 23.2 Å². The molecule has 0 bridgehead atoms. The lowest BCUT2D eigenvalue weighted by Crippen LogP contribution is -2.45. The van der Waals surface area contributed by atoms with E-state index in [4.69, 9.17) is 21.3 Å². The molecule has 198 valence electrons. The monoisotopic (exact) mass is 541 g/mol. The third-order valence-corrected chi connectivity index (χ3v) is 8.10. The number of pyridine rings is 3. The lowest BCUT2D eigenvalue weighted by Gasteiger charge is -2.28. The van der Waals surface area contributed by atoms with Crippen molar-refractivity contribution < 1.29 is 9.53 Å². The van der Waals surface area contributed by atoms with Gasteiger partial charge in [-0.15, -0.1) is 0 Å². The Morgan fingerprint density at radius 1 is 1.23 bits per heavy atom. The fraction of sp³-hybridized carbons (Fsp3) is 0.345. The van der Waals surface area contributed by atoms with Crippen molar-refractivity contribution in [3.63, 3.8) is 0 Å². The molecule has 1 N–H and O–H groups in total. The van der Waals surface area contributed by atoms with Crippen LogP contribution >= 0.6 is 11.6 Å². The molecule has 2 fully saturated rings. The van der Waals surface area contributed by atoms with Gasteiger partial charge < -0.3 is 15.0 Å². The topological polar surface area (TPSA) is 108 Å². The Hall–Kier alpha value is -4.16. The summed E-state index contributed by atoms with van der Waals surface area (Å²) in [6.07, 6.45) is 8.57. The Kier molecular flexibility index (Phi) is 6.35. The maximum Gasteiger partial charge on any atom is 0.271 e. The zero-order valence-electron chi connectivity index (χ0n) is 21.8. The summed E-state index contributed by atoms with van der Waals surface area (Å²) in [6, 6.07) is 11.6. The molecule has 1 aliphatic carbocycles. The Morgan fingerprint density at radius 2 is 2.03 bits per heavy atom. The molecule has 2 aliphatic rings. The summed E-state index contributed by atoms with van der Waals surface area (Å²) in [6.45, 7) is 6.35. The van der Waals surface area contributed by atoms with Crippen molar-refractivity contribution in [3.05, 3.63) is 71.4 Å². The first-order chi connectivity index (χ1) is 18.9. The van der Waals surface area contributed by atoms with E-state index in [9.17, 15) is 10.1 Å². The van der Waals surface area contributed by atoms with Crippen molar-refractivity contribution in [1.29, 1.82) is 5.26 Å². The molecule has 1 amide bonds. The van der Waals surface area contributed by atoms with Crippen molar-refractivity contribution >= 4 is 28.8 Å². The van der Waals surface area contributed by atoms with Gasteiger partial charge in [0.25, 0.3) is 5.91 Å². The third kappa shape index (κ3) is 4.66. The molecule has 0 aromatic carbocycles. The molecule has 1 saturated heterocycles. The van der Waals surface area contributed by atoms with Crippen LogP contribution in [-0.2, 0) is 0 Å². The highest BCUT2D eigenvalue weighted by atomic mass is 35.5. The van der Waals surface area contributed by atoms with E-state index in [1.54, 1.807) is 35.2 Å². The molecule has 10 heteroatoms. The van der Waals surface area contributed by atoms with E-state index < -0.39 is 0 Å². The number of halogens is 1. The number of aromatic nitrogens is 4. The zero-order chi connectivity index (χ0) is 27.1. The second-order valence-corrected chi connectivity index (χ2v) is 11.0. The van der Waals surface area contributed by atoms with Crippen LogP contribution in [0.2, 0.25) is 5.02 Å². The van der Waals surface area contributed by atoms with E-state index in [0.717, 1.165) is 48.4 Å². The van der Waals surface area contributed by atoms with Gasteiger partial charge in [-0.05, 0) is 68.9 Å². The Labute approximate surface area is 231 Å². The lowest BCUT2D eigenvalue weighted by molar-refractivity contribution is 0.0900. The van der Waals surface area contributed by atoms with Crippen molar-refractivity contribution in [3.8, 4) is 22.9 Å². The van der Waals surface area contributed by atoms with Crippen molar-refractivity contribution in [1.82, 2.24) is 24.9 Å². The molecule has 4 aromatic rings. The van der Waals surface area contributed by atoms with E-state index >= 15 is 0 Å². The first kappa shape index (κ1) is 25.1. The van der Waals surface area contributed by atoms with Gasteiger partial charge in [-0.1, -0.05) is 11.6 Å². The van der Waals surface area contributed by atoms with Crippen LogP contribution in [0.25, 0.3) is 16.6 Å².